The minimum Gasteiger partial charge on any atom is -0.456 e. The highest BCUT2D eigenvalue weighted by molar-refractivity contribution is 6.27. The van der Waals surface area contributed by atoms with Gasteiger partial charge in [0.15, 0.2) is 11.4 Å². The lowest BCUT2D eigenvalue weighted by Crippen LogP contribution is -1.94. The Kier molecular flexibility index (Phi) is 4.93. The molecule has 4 heterocycles. The van der Waals surface area contributed by atoms with Crippen molar-refractivity contribution in [2.75, 3.05) is 0 Å². The molecule has 6 aromatic carbocycles. The van der Waals surface area contributed by atoms with Gasteiger partial charge in [-0.2, -0.15) is 0 Å². The first kappa shape index (κ1) is 24.3. The maximum absolute atomic E-state index is 6.52. The number of aromatic nitrogens is 3. The molecule has 0 spiro atoms. The van der Waals surface area contributed by atoms with Crippen LogP contribution in [0.5, 0.6) is 0 Å². The second-order valence-electron chi connectivity index (χ2n) is 11.4. The summed E-state index contributed by atoms with van der Waals surface area (Å²) < 4.78 is 15.1. The largest absolute Gasteiger partial charge is 0.456 e. The molecular formula is C40H23N3O2. The summed E-state index contributed by atoms with van der Waals surface area (Å²) in [5.74, 6) is 0.668. The molecule has 5 nitrogen and oxygen atoms in total. The van der Waals surface area contributed by atoms with Crippen molar-refractivity contribution >= 4 is 65.8 Å². The van der Waals surface area contributed by atoms with Crippen molar-refractivity contribution < 1.29 is 8.83 Å². The lowest BCUT2D eigenvalue weighted by Gasteiger charge is -2.08. The Morgan fingerprint density at radius 1 is 0.467 bits per heavy atom. The van der Waals surface area contributed by atoms with Crippen LogP contribution < -0.4 is 0 Å². The molecule has 210 valence electrons. The highest BCUT2D eigenvalue weighted by Gasteiger charge is 2.21. The highest BCUT2D eigenvalue weighted by Crippen LogP contribution is 2.42. The van der Waals surface area contributed by atoms with Gasteiger partial charge in [-0.05, 0) is 42.5 Å². The van der Waals surface area contributed by atoms with E-state index in [4.69, 9.17) is 18.8 Å². The molecular weight excluding hydrogens is 554 g/mol. The van der Waals surface area contributed by atoms with Gasteiger partial charge < -0.3 is 13.4 Å². The maximum Gasteiger partial charge on any atom is 0.180 e. The van der Waals surface area contributed by atoms with Gasteiger partial charge >= 0.3 is 0 Å². The Morgan fingerprint density at radius 3 is 2.00 bits per heavy atom. The Morgan fingerprint density at radius 2 is 1.16 bits per heavy atom. The second kappa shape index (κ2) is 9.15. The Bertz CT molecular complexity index is 2750. The second-order valence-corrected chi connectivity index (χ2v) is 11.4. The van der Waals surface area contributed by atoms with E-state index in [1.807, 2.05) is 60.7 Å². The van der Waals surface area contributed by atoms with Gasteiger partial charge in [0.05, 0.1) is 11.0 Å². The first-order valence-electron chi connectivity index (χ1n) is 15.0. The van der Waals surface area contributed by atoms with Gasteiger partial charge in [0, 0.05) is 43.7 Å². The average molecular weight is 578 g/mol. The fraction of sp³-hybridized carbons (Fsp3) is 0. The molecule has 10 aromatic rings. The van der Waals surface area contributed by atoms with Crippen LogP contribution in [0.4, 0.5) is 0 Å². The summed E-state index contributed by atoms with van der Waals surface area (Å²) in [5.41, 5.74) is 10.0. The lowest BCUT2D eigenvalue weighted by atomic mass is 10.1. The molecule has 0 N–H and O–H groups in total. The quantitative estimate of drug-likeness (QED) is 0.210. The first-order chi connectivity index (χ1) is 22.3. The minimum atomic E-state index is 0.668. The van der Waals surface area contributed by atoms with E-state index in [0.717, 1.165) is 72.0 Å². The topological polar surface area (TPSA) is 57.0 Å². The van der Waals surface area contributed by atoms with Crippen LogP contribution in [0.2, 0.25) is 0 Å². The highest BCUT2D eigenvalue weighted by atomic mass is 16.3. The van der Waals surface area contributed by atoms with Crippen molar-refractivity contribution in [1.29, 1.82) is 0 Å². The van der Waals surface area contributed by atoms with E-state index in [1.54, 1.807) is 0 Å². The molecule has 4 aromatic heterocycles. The van der Waals surface area contributed by atoms with E-state index in [2.05, 4.69) is 83.4 Å². The molecule has 0 fully saturated rings. The van der Waals surface area contributed by atoms with Gasteiger partial charge in [-0.25, -0.2) is 9.97 Å². The van der Waals surface area contributed by atoms with Crippen LogP contribution in [-0.4, -0.2) is 14.5 Å². The molecule has 0 saturated carbocycles. The van der Waals surface area contributed by atoms with Crippen LogP contribution in [0.1, 0.15) is 0 Å². The molecule has 5 heteroatoms. The van der Waals surface area contributed by atoms with E-state index in [1.165, 1.54) is 10.8 Å². The number of rotatable bonds is 3. The van der Waals surface area contributed by atoms with Crippen molar-refractivity contribution in [3.05, 3.63) is 140 Å². The number of nitrogens with zero attached hydrogens (tertiary/aromatic N) is 3. The van der Waals surface area contributed by atoms with Gasteiger partial charge in [0.1, 0.15) is 28.0 Å². The molecule has 0 aliphatic heterocycles. The molecule has 0 atom stereocenters. The summed E-state index contributed by atoms with van der Waals surface area (Å²) in [6, 6.07) is 47.8. The SMILES string of the molecule is c1ccc(-c2nc(-c3ccccc3)c3oc4ccc(-n5c6ccccc6c6c7c(ccc65)oc5ccccc57)cc4c3n2)cc1. The number of fused-ring (bicyclic) bond motifs is 10. The fourth-order valence-corrected chi connectivity index (χ4v) is 6.83. The molecule has 0 unspecified atom stereocenters. The number of para-hydroxylation sites is 2. The van der Waals surface area contributed by atoms with E-state index in [-0.39, 0.29) is 0 Å². The van der Waals surface area contributed by atoms with Crippen LogP contribution in [0.15, 0.2) is 148 Å². The molecule has 0 saturated heterocycles. The normalized spacial score (nSPS) is 12.0. The molecule has 10 rings (SSSR count). The van der Waals surface area contributed by atoms with E-state index >= 15 is 0 Å². The number of furan rings is 2. The Labute approximate surface area is 256 Å². The molecule has 0 amide bonds. The zero-order valence-electron chi connectivity index (χ0n) is 23.9. The summed E-state index contributed by atoms with van der Waals surface area (Å²) in [6.45, 7) is 0. The third-order valence-electron chi connectivity index (χ3n) is 8.81. The van der Waals surface area contributed by atoms with Crippen molar-refractivity contribution in [3.8, 4) is 28.3 Å². The van der Waals surface area contributed by atoms with Gasteiger partial charge in [0.2, 0.25) is 0 Å². The Balaban J connectivity index is 1.29. The van der Waals surface area contributed by atoms with Crippen molar-refractivity contribution in [1.82, 2.24) is 14.5 Å². The summed E-state index contributed by atoms with van der Waals surface area (Å²) in [7, 11) is 0. The van der Waals surface area contributed by atoms with E-state index < -0.39 is 0 Å². The number of benzene rings is 6. The minimum absolute atomic E-state index is 0.668. The van der Waals surface area contributed by atoms with Crippen LogP contribution in [-0.2, 0) is 0 Å². The monoisotopic (exact) mass is 577 g/mol. The molecule has 45 heavy (non-hydrogen) atoms. The molecule has 0 aliphatic rings. The van der Waals surface area contributed by atoms with E-state index in [9.17, 15) is 0 Å². The van der Waals surface area contributed by atoms with Gasteiger partial charge in [-0.3, -0.25) is 0 Å². The predicted octanol–water partition coefficient (Wildman–Crippen LogP) is 10.7. The lowest BCUT2D eigenvalue weighted by molar-refractivity contribution is 0.667. The summed E-state index contributed by atoms with van der Waals surface area (Å²) >= 11 is 0. The molecule has 0 aliphatic carbocycles. The zero-order chi connectivity index (χ0) is 29.5. The number of hydrogen-bond donors (Lipinski definition) is 0. The van der Waals surface area contributed by atoms with Crippen molar-refractivity contribution in [3.63, 3.8) is 0 Å². The van der Waals surface area contributed by atoms with Crippen LogP contribution in [0.25, 0.3) is 94.1 Å². The summed E-state index contributed by atoms with van der Waals surface area (Å²) in [4.78, 5) is 10.1. The third kappa shape index (κ3) is 3.49. The van der Waals surface area contributed by atoms with Crippen molar-refractivity contribution in [2.45, 2.75) is 0 Å². The van der Waals surface area contributed by atoms with Crippen LogP contribution in [0, 0.1) is 0 Å². The maximum atomic E-state index is 6.52. The summed E-state index contributed by atoms with van der Waals surface area (Å²) in [6.07, 6.45) is 0. The predicted molar refractivity (Wildman–Crippen MR) is 182 cm³/mol. The van der Waals surface area contributed by atoms with Gasteiger partial charge in [-0.1, -0.05) is 97.1 Å². The van der Waals surface area contributed by atoms with Gasteiger partial charge in [-0.15, -0.1) is 0 Å². The average Bonchev–Trinajstić information content (AvgIpc) is 3.77. The van der Waals surface area contributed by atoms with Crippen LogP contribution in [0.3, 0.4) is 0 Å². The van der Waals surface area contributed by atoms with Crippen molar-refractivity contribution in [2.24, 2.45) is 0 Å². The van der Waals surface area contributed by atoms with E-state index in [0.29, 0.717) is 11.4 Å². The van der Waals surface area contributed by atoms with Crippen LogP contribution >= 0.6 is 0 Å². The fourth-order valence-electron chi connectivity index (χ4n) is 6.83. The Hall–Kier alpha value is -6.20. The first-order valence-corrected chi connectivity index (χ1v) is 15.0. The number of hydrogen-bond acceptors (Lipinski definition) is 4. The smallest absolute Gasteiger partial charge is 0.180 e. The summed E-state index contributed by atoms with van der Waals surface area (Å²) in [5, 5.41) is 5.57. The molecule has 0 bridgehead atoms. The zero-order valence-corrected chi connectivity index (χ0v) is 23.9. The third-order valence-corrected chi connectivity index (χ3v) is 8.81. The molecule has 0 radical (unpaired) electrons. The van der Waals surface area contributed by atoms with Gasteiger partial charge in [0.25, 0.3) is 0 Å². The standard InChI is InChI=1S/C40H23N3O2/c1-3-11-24(12-4-1)37-39-38(42-40(41-37)25-13-5-2-6-14-25)29-23-26(19-21-33(29)45-39)43-30-17-9-7-15-27(30)35-31(43)20-22-34-36(35)28-16-8-10-18-32(28)44-34/h1-23H.